The zero-order valence-corrected chi connectivity index (χ0v) is 43.7. The third kappa shape index (κ3) is 9.36. The zero-order valence-electron chi connectivity index (χ0n) is 43.7. The summed E-state index contributed by atoms with van der Waals surface area (Å²) >= 11 is 0. The quantitative estimate of drug-likeness (QED) is 0.144. The van der Waals surface area contributed by atoms with E-state index in [9.17, 15) is 0 Å². The summed E-state index contributed by atoms with van der Waals surface area (Å²) in [6, 6.07) is 86.6. The van der Waals surface area contributed by atoms with Crippen molar-refractivity contribution in [1.82, 2.24) is 14.5 Å². The summed E-state index contributed by atoms with van der Waals surface area (Å²) in [5.41, 5.74) is 22.0. The zero-order chi connectivity index (χ0) is 51.3. The first-order valence-corrected chi connectivity index (χ1v) is 26.4. The average Bonchev–Trinajstić information content (AvgIpc) is 3.79. The summed E-state index contributed by atoms with van der Waals surface area (Å²) in [6.45, 7) is 13.8. The Labute approximate surface area is 442 Å². The first kappa shape index (κ1) is 47.4. The standard InChI is InChI=1S/C72H61N3/c1-71(2,3)59-37-31-52(32-38-59)61-45-58(66-47-65(73-70(74-66)55-25-17-10-18-26-55)54-29-27-51(28-30-54)48-19-11-7-12-20-48)46-62(53-33-39-60(40-34-53)72(4,5)6)69(61)75-67-41-35-56(49-21-13-8-14-22-49)43-63(67)64-44-57(36-42-68(64)75)50-23-15-9-16-24-50/h7-45,47,62H,46H2,1-6H3. The lowest BCUT2D eigenvalue weighted by atomic mass is 9.77. The minimum Gasteiger partial charge on any atom is -0.312 e. The molecule has 364 valence electrons. The number of allylic oxidation sites excluding steroid dienone is 4. The summed E-state index contributed by atoms with van der Waals surface area (Å²) in [6.07, 6.45) is 3.17. The largest absolute Gasteiger partial charge is 0.312 e. The van der Waals surface area contributed by atoms with Gasteiger partial charge >= 0.3 is 0 Å². The van der Waals surface area contributed by atoms with Gasteiger partial charge in [0.2, 0.25) is 0 Å². The van der Waals surface area contributed by atoms with Crippen molar-refractivity contribution in [3.8, 4) is 56.0 Å². The van der Waals surface area contributed by atoms with Crippen molar-refractivity contribution < 1.29 is 0 Å². The summed E-state index contributed by atoms with van der Waals surface area (Å²) < 4.78 is 2.60. The van der Waals surface area contributed by atoms with E-state index in [0.29, 0.717) is 5.82 Å². The minimum atomic E-state index is -0.0681. The van der Waals surface area contributed by atoms with Gasteiger partial charge in [0.1, 0.15) is 0 Å². The number of fused-ring (bicyclic) bond motifs is 3. The second-order valence-corrected chi connectivity index (χ2v) is 22.2. The second kappa shape index (κ2) is 19.3. The van der Waals surface area contributed by atoms with Crippen LogP contribution in [0, 0.1) is 0 Å². The number of benzene rings is 9. The van der Waals surface area contributed by atoms with Crippen LogP contribution in [0.15, 0.2) is 243 Å². The molecule has 3 nitrogen and oxygen atoms in total. The van der Waals surface area contributed by atoms with E-state index in [0.717, 1.165) is 34.5 Å². The van der Waals surface area contributed by atoms with Crippen molar-refractivity contribution in [3.05, 3.63) is 271 Å². The maximum absolute atomic E-state index is 5.52. The number of nitrogens with zero attached hydrogens (tertiary/aromatic N) is 3. The van der Waals surface area contributed by atoms with Crippen LogP contribution in [0.1, 0.15) is 81.8 Å². The Morgan fingerprint density at radius 1 is 0.373 bits per heavy atom. The molecule has 0 aliphatic heterocycles. The average molecular weight is 968 g/mol. The predicted molar refractivity (Wildman–Crippen MR) is 317 cm³/mol. The third-order valence-corrected chi connectivity index (χ3v) is 15.2. The highest BCUT2D eigenvalue weighted by atomic mass is 15.0. The van der Waals surface area contributed by atoms with E-state index in [2.05, 4.69) is 289 Å². The molecular weight excluding hydrogens is 907 g/mol. The van der Waals surface area contributed by atoms with Crippen LogP contribution in [0.2, 0.25) is 0 Å². The van der Waals surface area contributed by atoms with Crippen LogP contribution in [-0.4, -0.2) is 14.5 Å². The molecule has 12 rings (SSSR count). The number of hydrogen-bond acceptors (Lipinski definition) is 2. The number of rotatable bonds is 9. The fraction of sp³-hybridized carbons (Fsp3) is 0.139. The fourth-order valence-electron chi connectivity index (χ4n) is 11.0. The molecule has 9 aromatic carbocycles. The molecule has 0 radical (unpaired) electrons. The molecule has 0 N–H and O–H groups in total. The third-order valence-electron chi connectivity index (χ3n) is 15.2. The van der Waals surface area contributed by atoms with Crippen molar-refractivity contribution in [1.29, 1.82) is 0 Å². The van der Waals surface area contributed by atoms with Crippen LogP contribution in [0.25, 0.3) is 94.7 Å². The van der Waals surface area contributed by atoms with Gasteiger partial charge in [-0.2, -0.15) is 0 Å². The minimum absolute atomic E-state index is 0.000953. The van der Waals surface area contributed by atoms with Gasteiger partial charge < -0.3 is 4.57 Å². The number of hydrogen-bond donors (Lipinski definition) is 0. The summed E-state index contributed by atoms with van der Waals surface area (Å²) in [5, 5.41) is 2.45. The van der Waals surface area contributed by atoms with E-state index in [-0.39, 0.29) is 16.7 Å². The van der Waals surface area contributed by atoms with Gasteiger partial charge in [-0.1, -0.05) is 248 Å². The highest BCUT2D eigenvalue weighted by molar-refractivity contribution is 6.15. The molecule has 0 bridgehead atoms. The molecule has 0 amide bonds. The molecule has 1 aliphatic carbocycles. The van der Waals surface area contributed by atoms with Gasteiger partial charge in [-0.25, -0.2) is 9.97 Å². The summed E-state index contributed by atoms with van der Waals surface area (Å²) in [5.74, 6) is 0.639. The van der Waals surface area contributed by atoms with Gasteiger partial charge in [-0.05, 0) is 115 Å². The molecule has 1 atom stereocenters. The molecule has 2 heterocycles. The Balaban J connectivity index is 1.15. The Morgan fingerprint density at radius 3 is 1.27 bits per heavy atom. The van der Waals surface area contributed by atoms with E-state index in [1.165, 1.54) is 88.7 Å². The Bertz CT molecular complexity index is 3810. The summed E-state index contributed by atoms with van der Waals surface area (Å²) in [7, 11) is 0. The lowest BCUT2D eigenvalue weighted by Crippen LogP contribution is -2.17. The van der Waals surface area contributed by atoms with Gasteiger partial charge in [0.05, 0.1) is 22.4 Å². The van der Waals surface area contributed by atoms with E-state index >= 15 is 0 Å². The first-order valence-electron chi connectivity index (χ1n) is 26.4. The van der Waals surface area contributed by atoms with Crippen LogP contribution in [0.3, 0.4) is 0 Å². The van der Waals surface area contributed by atoms with Gasteiger partial charge in [0.25, 0.3) is 0 Å². The molecule has 1 unspecified atom stereocenters. The summed E-state index contributed by atoms with van der Waals surface area (Å²) in [4.78, 5) is 10.8. The molecule has 0 saturated heterocycles. The smallest absolute Gasteiger partial charge is 0.160 e. The first-order chi connectivity index (χ1) is 36.4. The Morgan fingerprint density at radius 2 is 0.773 bits per heavy atom. The molecule has 0 saturated carbocycles. The lowest BCUT2D eigenvalue weighted by Gasteiger charge is -2.32. The van der Waals surface area contributed by atoms with Gasteiger partial charge in [-0.15, -0.1) is 0 Å². The molecule has 75 heavy (non-hydrogen) atoms. The van der Waals surface area contributed by atoms with Crippen molar-refractivity contribution in [2.75, 3.05) is 0 Å². The Kier molecular flexibility index (Phi) is 12.2. The SMILES string of the molecule is CC(C)(C)c1ccc(C2=C(n3c4ccc(-c5ccccc5)cc4c4cc(-c5ccccc5)ccc43)C(c3ccc(C(C)(C)C)cc3)CC(c3cc(-c4ccc(-c5ccccc5)cc4)nc(-c4ccccc4)n3)=C2)cc1. The lowest BCUT2D eigenvalue weighted by molar-refractivity contribution is 0.589. The Hall–Kier alpha value is -8.66. The predicted octanol–water partition coefficient (Wildman–Crippen LogP) is 19.2. The molecule has 3 heteroatoms. The van der Waals surface area contributed by atoms with E-state index in [1.54, 1.807) is 0 Å². The maximum atomic E-state index is 5.52. The topological polar surface area (TPSA) is 30.7 Å². The van der Waals surface area contributed by atoms with Crippen molar-refractivity contribution in [3.63, 3.8) is 0 Å². The molecule has 2 aromatic heterocycles. The van der Waals surface area contributed by atoms with Crippen molar-refractivity contribution in [2.45, 2.75) is 64.7 Å². The normalized spacial score (nSPS) is 14.1. The molecule has 0 fully saturated rings. The van der Waals surface area contributed by atoms with Crippen LogP contribution in [0.4, 0.5) is 0 Å². The molecule has 1 aliphatic rings. The molecule has 11 aromatic rings. The van der Waals surface area contributed by atoms with Crippen LogP contribution < -0.4 is 0 Å². The molecular formula is C72H61N3. The van der Waals surface area contributed by atoms with Crippen LogP contribution >= 0.6 is 0 Å². The second-order valence-electron chi connectivity index (χ2n) is 22.2. The highest BCUT2D eigenvalue weighted by Crippen LogP contribution is 2.50. The van der Waals surface area contributed by atoms with Gasteiger partial charge in [0.15, 0.2) is 5.82 Å². The van der Waals surface area contributed by atoms with Crippen molar-refractivity contribution in [2.24, 2.45) is 0 Å². The molecule has 0 spiro atoms. The van der Waals surface area contributed by atoms with E-state index in [1.807, 2.05) is 0 Å². The fourth-order valence-corrected chi connectivity index (χ4v) is 11.0. The van der Waals surface area contributed by atoms with Gasteiger partial charge in [-0.3, -0.25) is 0 Å². The van der Waals surface area contributed by atoms with Gasteiger partial charge in [0, 0.05) is 39.1 Å². The van der Waals surface area contributed by atoms with Crippen LogP contribution in [0.5, 0.6) is 0 Å². The number of aromatic nitrogens is 3. The van der Waals surface area contributed by atoms with E-state index in [4.69, 9.17) is 9.97 Å². The van der Waals surface area contributed by atoms with E-state index < -0.39 is 0 Å². The van der Waals surface area contributed by atoms with Crippen LogP contribution in [-0.2, 0) is 10.8 Å². The monoisotopic (exact) mass is 967 g/mol. The highest BCUT2D eigenvalue weighted by Gasteiger charge is 2.32. The van der Waals surface area contributed by atoms with Crippen molar-refractivity contribution >= 4 is 38.6 Å². The maximum Gasteiger partial charge on any atom is 0.160 e.